The van der Waals surface area contributed by atoms with Crippen LogP contribution in [0.15, 0.2) is 97.1 Å². The van der Waals surface area contributed by atoms with Crippen LogP contribution in [0.3, 0.4) is 0 Å². The first-order valence-electron chi connectivity index (χ1n) is 10.5. The molecule has 3 nitrogen and oxygen atoms in total. The molecule has 3 aromatic carbocycles. The van der Waals surface area contributed by atoms with Crippen molar-refractivity contribution in [3.05, 3.63) is 108 Å². The first-order valence-corrected chi connectivity index (χ1v) is 10.5. The minimum absolute atomic E-state index is 0.0723. The lowest BCUT2D eigenvalue weighted by Crippen LogP contribution is -2.08. The zero-order chi connectivity index (χ0) is 23.0. The van der Waals surface area contributed by atoms with Crippen LogP contribution < -0.4 is 5.73 Å². The largest absolute Gasteiger partial charge is 0.417 e. The van der Waals surface area contributed by atoms with Crippen molar-refractivity contribution in [2.75, 3.05) is 5.73 Å². The second kappa shape index (κ2) is 8.13. The third-order valence-electron chi connectivity index (χ3n) is 5.66. The summed E-state index contributed by atoms with van der Waals surface area (Å²) in [4.78, 5) is 4.71. The third-order valence-corrected chi connectivity index (χ3v) is 5.66. The number of hydrogen-bond donors (Lipinski definition) is 1. The number of nitrogen functional groups attached to an aromatic ring is 1. The van der Waals surface area contributed by atoms with E-state index in [4.69, 9.17) is 10.7 Å². The molecule has 33 heavy (non-hydrogen) atoms. The number of anilines is 1. The summed E-state index contributed by atoms with van der Waals surface area (Å²) < 4.78 is 44.6. The molecule has 0 amide bonds. The topological polar surface area (TPSA) is 43.8 Å². The maximum Gasteiger partial charge on any atom is 0.417 e. The fourth-order valence-corrected chi connectivity index (χ4v) is 4.17. The van der Waals surface area contributed by atoms with Crippen molar-refractivity contribution in [1.82, 2.24) is 9.55 Å². The number of fused-ring (bicyclic) bond motifs is 1. The normalized spacial score (nSPS) is 11.7. The molecule has 2 aromatic heterocycles. The fraction of sp³-hybridized carbons (Fsp3) is 0.0741. The molecule has 0 atom stereocenters. The number of benzene rings is 3. The number of hydrogen-bond acceptors (Lipinski definition) is 2. The fourth-order valence-electron chi connectivity index (χ4n) is 4.17. The van der Waals surface area contributed by atoms with Gasteiger partial charge in [-0.15, -0.1) is 0 Å². The smallest absolute Gasteiger partial charge is 0.396 e. The predicted molar refractivity (Wildman–Crippen MR) is 126 cm³/mol. The molecule has 0 bridgehead atoms. The van der Waals surface area contributed by atoms with E-state index in [1.165, 1.54) is 0 Å². The zero-order valence-corrected chi connectivity index (χ0v) is 17.6. The molecule has 0 fully saturated rings. The Balaban J connectivity index is 1.88. The van der Waals surface area contributed by atoms with Gasteiger partial charge in [-0.25, -0.2) is 4.98 Å². The summed E-state index contributed by atoms with van der Waals surface area (Å²) in [5, 5.41) is -0.0723. The Morgan fingerprint density at radius 1 is 0.758 bits per heavy atom. The number of nitrogens with two attached hydrogens (primary N) is 1. The van der Waals surface area contributed by atoms with Crippen molar-refractivity contribution in [2.24, 2.45) is 0 Å². The molecule has 5 rings (SSSR count). The molecule has 2 N–H and O–H groups in total. The summed E-state index contributed by atoms with van der Waals surface area (Å²) in [5.74, 6) is 0. The van der Waals surface area contributed by atoms with Gasteiger partial charge in [0.25, 0.3) is 0 Å². The number of pyridine rings is 1. The number of nitrogens with zero attached hydrogens (tertiary/aromatic N) is 2. The average Bonchev–Trinajstić information content (AvgIpc) is 3.11. The molecule has 164 valence electrons. The van der Waals surface area contributed by atoms with E-state index >= 15 is 0 Å². The Labute approximate surface area is 188 Å². The Morgan fingerprint density at radius 3 is 1.88 bits per heavy atom. The maximum atomic E-state index is 14.3. The average molecular weight is 443 g/mol. The lowest BCUT2D eigenvalue weighted by molar-refractivity contribution is -0.136. The minimum Gasteiger partial charge on any atom is -0.396 e. The summed E-state index contributed by atoms with van der Waals surface area (Å²) >= 11 is 0. The van der Waals surface area contributed by atoms with Gasteiger partial charge in [-0.1, -0.05) is 91.0 Å². The van der Waals surface area contributed by atoms with Crippen molar-refractivity contribution in [1.29, 1.82) is 0 Å². The molecule has 2 heterocycles. The molecule has 0 aliphatic carbocycles. The van der Waals surface area contributed by atoms with Crippen LogP contribution in [0.25, 0.3) is 33.5 Å². The van der Waals surface area contributed by atoms with Gasteiger partial charge in [0.05, 0.1) is 28.0 Å². The Kier molecular flexibility index (Phi) is 5.13. The summed E-state index contributed by atoms with van der Waals surface area (Å²) in [6.07, 6.45) is -4.59. The van der Waals surface area contributed by atoms with Crippen molar-refractivity contribution < 1.29 is 13.2 Å². The number of rotatable bonds is 4. The second-order valence-corrected chi connectivity index (χ2v) is 7.82. The van der Waals surface area contributed by atoms with Crippen LogP contribution in [0.2, 0.25) is 0 Å². The first-order chi connectivity index (χ1) is 15.9. The standard InChI is InChI=1S/C27H20F3N3/c28-27(29,30)21-16-22(19-12-6-2-7-13-19)32-26-23(21)24(31)25(20-14-8-3-9-15-20)33(26)17-18-10-4-1-5-11-18/h1-16H,17,31H2. The Hall–Kier alpha value is -4.06. The van der Waals surface area contributed by atoms with Crippen LogP contribution in [0, 0.1) is 0 Å². The van der Waals surface area contributed by atoms with Crippen LogP contribution in [0.5, 0.6) is 0 Å². The van der Waals surface area contributed by atoms with E-state index in [9.17, 15) is 13.2 Å². The summed E-state index contributed by atoms with van der Waals surface area (Å²) in [5.41, 5.74) is 9.01. The lowest BCUT2D eigenvalue weighted by Gasteiger charge is -2.13. The van der Waals surface area contributed by atoms with Gasteiger partial charge >= 0.3 is 6.18 Å². The molecular weight excluding hydrogens is 423 g/mol. The zero-order valence-electron chi connectivity index (χ0n) is 17.6. The van der Waals surface area contributed by atoms with Crippen LogP contribution >= 0.6 is 0 Å². The van der Waals surface area contributed by atoms with Crippen LogP contribution in [-0.4, -0.2) is 9.55 Å². The lowest BCUT2D eigenvalue weighted by atomic mass is 10.0. The second-order valence-electron chi connectivity index (χ2n) is 7.82. The molecule has 0 aliphatic heterocycles. The molecule has 0 unspecified atom stereocenters. The minimum atomic E-state index is -4.59. The van der Waals surface area contributed by atoms with Gasteiger partial charge in [0, 0.05) is 17.7 Å². The van der Waals surface area contributed by atoms with E-state index < -0.39 is 11.7 Å². The predicted octanol–water partition coefficient (Wildman–Crippen LogP) is 7.02. The van der Waals surface area contributed by atoms with Gasteiger partial charge in [-0.2, -0.15) is 13.2 Å². The molecular formula is C27H20F3N3. The number of aromatic nitrogens is 2. The molecule has 0 aliphatic rings. The molecule has 0 saturated heterocycles. The summed E-state index contributed by atoms with van der Waals surface area (Å²) in [6, 6.07) is 28.8. The molecule has 0 saturated carbocycles. The quantitative estimate of drug-likeness (QED) is 0.324. The maximum absolute atomic E-state index is 14.3. The van der Waals surface area contributed by atoms with E-state index in [1.807, 2.05) is 66.7 Å². The van der Waals surface area contributed by atoms with Gasteiger partial charge in [0.15, 0.2) is 0 Å². The van der Waals surface area contributed by atoms with E-state index in [0.717, 1.165) is 17.2 Å². The van der Waals surface area contributed by atoms with E-state index in [-0.39, 0.29) is 22.4 Å². The van der Waals surface area contributed by atoms with E-state index in [1.54, 1.807) is 28.8 Å². The Morgan fingerprint density at radius 2 is 1.30 bits per heavy atom. The highest BCUT2D eigenvalue weighted by atomic mass is 19.4. The van der Waals surface area contributed by atoms with Gasteiger partial charge < -0.3 is 10.3 Å². The third kappa shape index (κ3) is 3.84. The van der Waals surface area contributed by atoms with Gasteiger partial charge in [0.2, 0.25) is 0 Å². The van der Waals surface area contributed by atoms with Crippen LogP contribution in [0.1, 0.15) is 11.1 Å². The molecule has 0 spiro atoms. The van der Waals surface area contributed by atoms with E-state index in [0.29, 0.717) is 17.8 Å². The van der Waals surface area contributed by atoms with Crippen molar-refractivity contribution >= 4 is 16.7 Å². The van der Waals surface area contributed by atoms with Crippen molar-refractivity contribution in [3.63, 3.8) is 0 Å². The molecule has 6 heteroatoms. The van der Waals surface area contributed by atoms with Crippen molar-refractivity contribution in [2.45, 2.75) is 12.7 Å². The Bertz CT molecular complexity index is 1410. The highest BCUT2D eigenvalue weighted by Crippen LogP contribution is 2.44. The highest BCUT2D eigenvalue weighted by molar-refractivity contribution is 6.02. The van der Waals surface area contributed by atoms with Crippen LogP contribution in [0.4, 0.5) is 18.9 Å². The molecule has 5 aromatic rings. The van der Waals surface area contributed by atoms with Gasteiger partial charge in [-0.05, 0) is 11.6 Å². The number of alkyl halides is 3. The first kappa shape index (κ1) is 20.8. The van der Waals surface area contributed by atoms with Gasteiger partial charge in [-0.3, -0.25) is 0 Å². The number of halogens is 3. The summed E-state index contributed by atoms with van der Waals surface area (Å²) in [6.45, 7) is 0.335. The van der Waals surface area contributed by atoms with E-state index in [2.05, 4.69) is 0 Å². The summed E-state index contributed by atoms with van der Waals surface area (Å²) in [7, 11) is 0. The SMILES string of the molecule is Nc1c(-c2ccccc2)n(Cc2ccccc2)c2nc(-c3ccccc3)cc(C(F)(F)F)c12. The van der Waals surface area contributed by atoms with Gasteiger partial charge in [0.1, 0.15) is 5.65 Å². The molecule has 0 radical (unpaired) electrons. The van der Waals surface area contributed by atoms with Crippen molar-refractivity contribution in [3.8, 4) is 22.5 Å². The highest BCUT2D eigenvalue weighted by Gasteiger charge is 2.36. The van der Waals surface area contributed by atoms with Crippen LogP contribution in [-0.2, 0) is 12.7 Å². The monoisotopic (exact) mass is 443 g/mol.